The molecule has 0 spiro atoms. The van der Waals surface area contributed by atoms with Gasteiger partial charge in [0, 0.05) is 12.0 Å². The minimum absolute atomic E-state index is 0.280. The molecule has 0 saturated heterocycles. The summed E-state index contributed by atoms with van der Waals surface area (Å²) in [4.78, 5) is 11.1. The van der Waals surface area contributed by atoms with Crippen LogP contribution in [0.5, 0.6) is 0 Å². The number of amides is 1. The van der Waals surface area contributed by atoms with Crippen LogP contribution in [0.25, 0.3) is 0 Å². The van der Waals surface area contributed by atoms with Gasteiger partial charge in [-0.3, -0.25) is 4.79 Å². The molecule has 0 bridgehead atoms. The van der Waals surface area contributed by atoms with Crippen molar-refractivity contribution < 1.29 is 9.18 Å². The lowest BCUT2D eigenvalue weighted by molar-refractivity contribution is -0.114. The predicted octanol–water partition coefficient (Wildman–Crippen LogP) is 1.35. The van der Waals surface area contributed by atoms with E-state index in [9.17, 15) is 9.18 Å². The van der Waals surface area contributed by atoms with Crippen molar-refractivity contribution in [1.82, 2.24) is 0 Å². The van der Waals surface area contributed by atoms with E-state index in [1.165, 1.54) is 12.1 Å². The van der Waals surface area contributed by atoms with Crippen molar-refractivity contribution in [2.24, 2.45) is 11.5 Å². The van der Waals surface area contributed by atoms with Gasteiger partial charge in [0.1, 0.15) is 5.82 Å². The van der Waals surface area contributed by atoms with Crippen LogP contribution < -0.4 is 11.5 Å². The SMILES string of the molecule is NC(=O)C1=CC=CC(N)(c2cccc(F)c2)C1. The van der Waals surface area contributed by atoms with Crippen LogP contribution in [0.1, 0.15) is 12.0 Å². The summed E-state index contributed by atoms with van der Waals surface area (Å²) in [7, 11) is 0. The number of carbonyl (C=O) groups is 1. The van der Waals surface area contributed by atoms with E-state index in [0.29, 0.717) is 11.1 Å². The van der Waals surface area contributed by atoms with E-state index < -0.39 is 11.4 Å². The molecular weight excluding hydrogens is 219 g/mol. The standard InChI is InChI=1S/C13H13FN2O/c14-11-5-1-4-10(7-11)13(16)6-2-3-9(8-13)12(15)17/h1-7H,8,16H2,(H2,15,17). The van der Waals surface area contributed by atoms with Crippen LogP contribution in [0.15, 0.2) is 48.1 Å². The van der Waals surface area contributed by atoms with Crippen LogP contribution in [0, 0.1) is 5.82 Å². The highest BCUT2D eigenvalue weighted by Crippen LogP contribution is 2.30. The van der Waals surface area contributed by atoms with Crippen LogP contribution in [-0.2, 0) is 10.3 Å². The minimum Gasteiger partial charge on any atom is -0.366 e. The maximum Gasteiger partial charge on any atom is 0.244 e. The van der Waals surface area contributed by atoms with Gasteiger partial charge in [-0.2, -0.15) is 0 Å². The first-order chi connectivity index (χ1) is 8.01. The Morgan fingerprint density at radius 2 is 2.18 bits per heavy atom. The Kier molecular flexibility index (Phi) is 2.81. The number of halogens is 1. The number of nitrogens with two attached hydrogens (primary N) is 2. The maximum atomic E-state index is 13.2. The van der Waals surface area contributed by atoms with Gasteiger partial charge in [0.05, 0.1) is 5.54 Å². The second kappa shape index (κ2) is 4.14. The van der Waals surface area contributed by atoms with Crippen LogP contribution in [0.2, 0.25) is 0 Å². The fourth-order valence-electron chi connectivity index (χ4n) is 1.91. The van der Waals surface area contributed by atoms with Gasteiger partial charge in [-0.15, -0.1) is 0 Å². The first-order valence-electron chi connectivity index (χ1n) is 5.24. The summed E-state index contributed by atoms with van der Waals surface area (Å²) >= 11 is 0. The Hall–Kier alpha value is -1.94. The van der Waals surface area contributed by atoms with E-state index in [4.69, 9.17) is 11.5 Å². The zero-order chi connectivity index (χ0) is 12.5. The normalized spacial score (nSPS) is 23.3. The van der Waals surface area contributed by atoms with Crippen molar-refractivity contribution in [3.05, 3.63) is 59.4 Å². The largest absolute Gasteiger partial charge is 0.366 e. The van der Waals surface area contributed by atoms with E-state index in [1.54, 1.807) is 30.4 Å². The van der Waals surface area contributed by atoms with Crippen molar-refractivity contribution in [1.29, 1.82) is 0 Å². The smallest absolute Gasteiger partial charge is 0.244 e. The molecule has 88 valence electrons. The zero-order valence-corrected chi connectivity index (χ0v) is 9.19. The summed E-state index contributed by atoms with van der Waals surface area (Å²) in [6.45, 7) is 0. The lowest BCUT2D eigenvalue weighted by atomic mass is 9.81. The van der Waals surface area contributed by atoms with Crippen molar-refractivity contribution >= 4 is 5.91 Å². The van der Waals surface area contributed by atoms with Gasteiger partial charge in [0.15, 0.2) is 0 Å². The molecule has 0 aliphatic heterocycles. The quantitative estimate of drug-likeness (QED) is 0.808. The number of hydrogen-bond donors (Lipinski definition) is 2. The summed E-state index contributed by atoms with van der Waals surface area (Å²) in [5.74, 6) is -0.850. The molecule has 0 heterocycles. The first kappa shape index (κ1) is 11.5. The van der Waals surface area contributed by atoms with E-state index in [-0.39, 0.29) is 12.2 Å². The molecule has 0 aromatic heterocycles. The lowest BCUT2D eigenvalue weighted by Crippen LogP contribution is -2.38. The van der Waals surface area contributed by atoms with Gasteiger partial charge in [-0.05, 0) is 17.7 Å². The van der Waals surface area contributed by atoms with Gasteiger partial charge < -0.3 is 11.5 Å². The summed E-state index contributed by atoms with van der Waals surface area (Å²) < 4.78 is 13.2. The highest BCUT2D eigenvalue weighted by molar-refractivity contribution is 5.92. The third-order valence-electron chi connectivity index (χ3n) is 2.85. The molecule has 3 nitrogen and oxygen atoms in total. The van der Waals surface area contributed by atoms with Gasteiger partial charge in [0.25, 0.3) is 0 Å². The summed E-state index contributed by atoms with van der Waals surface area (Å²) in [5.41, 5.74) is 11.6. The number of carbonyl (C=O) groups excluding carboxylic acids is 1. The van der Waals surface area contributed by atoms with Crippen molar-refractivity contribution in [3.8, 4) is 0 Å². The van der Waals surface area contributed by atoms with E-state index in [2.05, 4.69) is 0 Å². The van der Waals surface area contributed by atoms with E-state index in [0.717, 1.165) is 0 Å². The maximum absolute atomic E-state index is 13.2. The van der Waals surface area contributed by atoms with Crippen molar-refractivity contribution in [3.63, 3.8) is 0 Å². The number of benzene rings is 1. The lowest BCUT2D eigenvalue weighted by Gasteiger charge is -2.29. The van der Waals surface area contributed by atoms with Gasteiger partial charge in [-0.25, -0.2) is 4.39 Å². The van der Waals surface area contributed by atoms with Gasteiger partial charge >= 0.3 is 0 Å². The number of primary amides is 1. The third-order valence-corrected chi connectivity index (χ3v) is 2.85. The molecule has 1 aliphatic carbocycles. The predicted molar refractivity (Wildman–Crippen MR) is 63.3 cm³/mol. The van der Waals surface area contributed by atoms with E-state index >= 15 is 0 Å². The summed E-state index contributed by atoms with van der Waals surface area (Å²) in [5, 5.41) is 0. The topological polar surface area (TPSA) is 69.1 Å². The molecule has 4 N–H and O–H groups in total. The van der Waals surface area contributed by atoms with Gasteiger partial charge in [-0.1, -0.05) is 30.4 Å². The van der Waals surface area contributed by atoms with Gasteiger partial charge in [0.2, 0.25) is 5.91 Å². The van der Waals surface area contributed by atoms with Crippen LogP contribution in [-0.4, -0.2) is 5.91 Å². The molecule has 17 heavy (non-hydrogen) atoms. The zero-order valence-electron chi connectivity index (χ0n) is 9.19. The Balaban J connectivity index is 2.36. The minimum atomic E-state index is -0.874. The monoisotopic (exact) mass is 232 g/mol. The molecule has 1 aromatic rings. The van der Waals surface area contributed by atoms with Crippen molar-refractivity contribution in [2.45, 2.75) is 12.0 Å². The third kappa shape index (κ3) is 2.26. The number of rotatable bonds is 2. The fourth-order valence-corrected chi connectivity index (χ4v) is 1.91. The molecule has 0 radical (unpaired) electrons. The summed E-state index contributed by atoms with van der Waals surface area (Å²) in [6.07, 6.45) is 5.33. The number of hydrogen-bond acceptors (Lipinski definition) is 2. The van der Waals surface area contributed by atoms with Crippen LogP contribution in [0.4, 0.5) is 4.39 Å². The molecule has 2 rings (SSSR count). The van der Waals surface area contributed by atoms with E-state index in [1.807, 2.05) is 0 Å². The first-order valence-corrected chi connectivity index (χ1v) is 5.24. The molecule has 1 unspecified atom stereocenters. The molecule has 4 heteroatoms. The Morgan fingerprint density at radius 1 is 1.41 bits per heavy atom. The second-order valence-corrected chi connectivity index (χ2v) is 4.14. The van der Waals surface area contributed by atoms with Crippen molar-refractivity contribution in [2.75, 3.05) is 0 Å². The molecule has 1 atom stereocenters. The molecule has 1 amide bonds. The average Bonchev–Trinajstić information content (AvgIpc) is 2.29. The highest BCUT2D eigenvalue weighted by Gasteiger charge is 2.29. The second-order valence-electron chi connectivity index (χ2n) is 4.14. The molecule has 1 aromatic carbocycles. The fraction of sp³-hybridized carbons (Fsp3) is 0.154. The Morgan fingerprint density at radius 3 is 2.82 bits per heavy atom. The van der Waals surface area contributed by atoms with Crippen LogP contribution >= 0.6 is 0 Å². The Bertz CT molecular complexity index is 522. The average molecular weight is 232 g/mol. The molecule has 1 aliphatic rings. The summed E-state index contributed by atoms with van der Waals surface area (Å²) in [6, 6.07) is 6.05. The molecule has 0 saturated carbocycles. The molecule has 0 fully saturated rings. The number of allylic oxidation sites excluding steroid dienone is 2. The Labute approximate surface area is 98.6 Å². The highest BCUT2D eigenvalue weighted by atomic mass is 19.1. The molecular formula is C13H13FN2O. The van der Waals surface area contributed by atoms with Crippen LogP contribution in [0.3, 0.4) is 0 Å².